The van der Waals surface area contributed by atoms with Gasteiger partial charge >= 0.3 is 0 Å². The number of aliphatic hydroxyl groups excluding tert-OH is 1. The van der Waals surface area contributed by atoms with Crippen molar-refractivity contribution in [2.75, 3.05) is 13.6 Å². The number of carbonyl (C=O) groups excluding carboxylic acids is 2. The number of halogens is 2. The van der Waals surface area contributed by atoms with E-state index in [0.29, 0.717) is 42.5 Å². The van der Waals surface area contributed by atoms with E-state index in [1.807, 2.05) is 32.4 Å². The second-order valence-corrected chi connectivity index (χ2v) is 11.4. The van der Waals surface area contributed by atoms with Crippen molar-refractivity contribution in [2.45, 2.75) is 77.7 Å². The van der Waals surface area contributed by atoms with Gasteiger partial charge < -0.3 is 25.2 Å². The lowest BCUT2D eigenvalue weighted by Gasteiger charge is -2.31. The van der Waals surface area contributed by atoms with Gasteiger partial charge in [0.15, 0.2) is 5.69 Å². The average molecular weight is 520 g/mol. The largest absolute Gasteiger partial charge is 0.391 e. The lowest BCUT2D eigenvalue weighted by atomic mass is 9.85. The number of hydrogen-bond acceptors (Lipinski definition) is 5. The van der Waals surface area contributed by atoms with Crippen molar-refractivity contribution in [2.24, 2.45) is 5.41 Å². The molecule has 2 aliphatic rings. The van der Waals surface area contributed by atoms with Gasteiger partial charge in [-0.1, -0.05) is 32.4 Å². The third-order valence-corrected chi connectivity index (χ3v) is 7.24. The topological polar surface area (TPSA) is 99.5 Å². The number of nitrogens with zero attached hydrogens (tertiary/aromatic N) is 3. The first-order valence-electron chi connectivity index (χ1n) is 12.5. The molecule has 8 nitrogen and oxygen atoms in total. The molecule has 1 unspecified atom stereocenters. The number of benzene rings is 1. The monoisotopic (exact) mass is 519 g/mol. The van der Waals surface area contributed by atoms with Crippen molar-refractivity contribution in [3.63, 3.8) is 0 Å². The van der Waals surface area contributed by atoms with E-state index in [4.69, 9.17) is 11.6 Å². The van der Waals surface area contributed by atoms with Crippen LogP contribution in [0.25, 0.3) is 11.4 Å². The van der Waals surface area contributed by atoms with Crippen molar-refractivity contribution in [3.8, 4) is 11.4 Å². The van der Waals surface area contributed by atoms with Gasteiger partial charge in [-0.25, -0.2) is 9.37 Å². The Morgan fingerprint density at radius 1 is 1.22 bits per heavy atom. The quantitative estimate of drug-likeness (QED) is 0.562. The van der Waals surface area contributed by atoms with Gasteiger partial charge in [0.05, 0.1) is 23.4 Å². The van der Waals surface area contributed by atoms with Gasteiger partial charge in [0.1, 0.15) is 17.7 Å². The van der Waals surface area contributed by atoms with Gasteiger partial charge in [0.2, 0.25) is 5.91 Å². The number of aromatic nitrogens is 2. The molecule has 2 heterocycles. The molecule has 0 radical (unpaired) electrons. The summed E-state index contributed by atoms with van der Waals surface area (Å²) in [5.41, 5.74) is 0.466. The number of aliphatic hydroxyl groups is 1. The smallest absolute Gasteiger partial charge is 0.272 e. The first-order valence-corrected chi connectivity index (χ1v) is 12.9. The first-order chi connectivity index (χ1) is 17.0. The predicted molar refractivity (Wildman–Crippen MR) is 136 cm³/mol. The van der Waals surface area contributed by atoms with Crippen LogP contribution in [-0.2, 0) is 17.9 Å². The molecule has 1 saturated carbocycles. The van der Waals surface area contributed by atoms with E-state index in [1.165, 1.54) is 18.2 Å². The Kier molecular flexibility index (Phi) is 7.73. The Bertz CT molecular complexity index is 1150. The number of imidazole rings is 1. The van der Waals surface area contributed by atoms with E-state index in [0.717, 1.165) is 19.4 Å². The number of amides is 2. The summed E-state index contributed by atoms with van der Waals surface area (Å²) in [6.45, 7) is 7.46. The fourth-order valence-corrected chi connectivity index (χ4v) is 5.20. The molecule has 3 N–H and O–H groups in total. The molecular formula is C26H35ClFN5O3. The van der Waals surface area contributed by atoms with Crippen molar-refractivity contribution in [1.29, 1.82) is 0 Å². The average Bonchev–Trinajstić information content (AvgIpc) is 3.29. The molecule has 196 valence electrons. The van der Waals surface area contributed by atoms with Gasteiger partial charge in [-0.2, -0.15) is 0 Å². The van der Waals surface area contributed by atoms with E-state index in [9.17, 15) is 19.1 Å². The van der Waals surface area contributed by atoms with Gasteiger partial charge in [-0.05, 0) is 62.9 Å². The molecule has 1 aliphatic heterocycles. The molecule has 4 rings (SSSR count). The molecule has 1 fully saturated rings. The predicted octanol–water partition coefficient (Wildman–Crippen LogP) is 3.35. The molecular weight excluding hydrogens is 485 g/mol. The summed E-state index contributed by atoms with van der Waals surface area (Å²) in [5.74, 6) is -0.967. The lowest BCUT2D eigenvalue weighted by molar-refractivity contribution is -0.126. The number of hydrogen-bond donors (Lipinski definition) is 3. The molecule has 1 aromatic carbocycles. The van der Waals surface area contributed by atoms with E-state index in [-0.39, 0.29) is 23.2 Å². The van der Waals surface area contributed by atoms with Crippen LogP contribution in [0.4, 0.5) is 4.39 Å². The van der Waals surface area contributed by atoms with Crippen LogP contribution in [0.15, 0.2) is 18.2 Å². The van der Waals surface area contributed by atoms with Crippen LogP contribution in [0.3, 0.4) is 0 Å². The summed E-state index contributed by atoms with van der Waals surface area (Å²) in [5, 5.41) is 16.3. The first kappa shape index (κ1) is 26.6. The lowest BCUT2D eigenvalue weighted by Crippen LogP contribution is -2.56. The molecule has 10 heteroatoms. The van der Waals surface area contributed by atoms with Crippen LogP contribution in [0, 0.1) is 11.2 Å². The van der Waals surface area contributed by atoms with Crippen LogP contribution in [0.1, 0.15) is 62.6 Å². The zero-order valence-electron chi connectivity index (χ0n) is 21.3. The third kappa shape index (κ3) is 5.58. The van der Waals surface area contributed by atoms with E-state index < -0.39 is 29.3 Å². The molecule has 2 amide bonds. The zero-order valence-corrected chi connectivity index (χ0v) is 22.0. The van der Waals surface area contributed by atoms with Gasteiger partial charge in [-0.3, -0.25) is 9.59 Å². The standard InChI is InChI=1S/C26H35ClFN5O3/c1-26(2,3)22(25(36)29-18-7-5-8-20(18)34)31-24(35)21-19-14-32(4)11-6-12-33(19)23(30-21)16-13-15(27)9-10-17(16)28/h9-10,13,18,20,22,34H,5-8,11-12,14H2,1-4H3,(H,29,36)(H,31,35)/t18-,20-,22?/m1/s1. The molecule has 0 saturated heterocycles. The highest BCUT2D eigenvalue weighted by atomic mass is 35.5. The summed E-state index contributed by atoms with van der Waals surface area (Å²) in [7, 11) is 1.96. The van der Waals surface area contributed by atoms with E-state index >= 15 is 0 Å². The molecule has 1 aliphatic carbocycles. The Balaban J connectivity index is 1.69. The normalized spacial score (nSPS) is 21.5. The maximum atomic E-state index is 14.8. The molecule has 36 heavy (non-hydrogen) atoms. The number of fused-ring (bicyclic) bond motifs is 1. The van der Waals surface area contributed by atoms with Crippen LogP contribution in [-0.4, -0.2) is 63.2 Å². The second kappa shape index (κ2) is 10.5. The highest BCUT2D eigenvalue weighted by Crippen LogP contribution is 2.30. The maximum Gasteiger partial charge on any atom is 0.272 e. The third-order valence-electron chi connectivity index (χ3n) is 7.01. The Labute approximate surface area is 216 Å². The minimum Gasteiger partial charge on any atom is -0.391 e. The minimum atomic E-state index is -0.856. The summed E-state index contributed by atoms with van der Waals surface area (Å²) in [6.07, 6.45) is 2.42. The van der Waals surface area contributed by atoms with Crippen molar-refractivity contribution in [3.05, 3.63) is 40.4 Å². The number of rotatable bonds is 5. The Morgan fingerprint density at radius 3 is 2.64 bits per heavy atom. The Hall–Kier alpha value is -2.49. The Morgan fingerprint density at radius 2 is 1.97 bits per heavy atom. The summed E-state index contributed by atoms with van der Waals surface area (Å²) in [6, 6.07) is 3.10. The molecule has 0 bridgehead atoms. The zero-order chi connectivity index (χ0) is 26.2. The second-order valence-electron chi connectivity index (χ2n) is 11.0. The highest BCUT2D eigenvalue weighted by molar-refractivity contribution is 6.30. The summed E-state index contributed by atoms with van der Waals surface area (Å²) >= 11 is 6.16. The van der Waals surface area contributed by atoms with Gasteiger partial charge in [0.25, 0.3) is 5.91 Å². The van der Waals surface area contributed by atoms with Crippen LogP contribution in [0.2, 0.25) is 5.02 Å². The SMILES string of the molecule is CN1CCCn2c(-c3cc(Cl)ccc3F)nc(C(=O)NC(C(=O)N[C@@H]3CCC[C@H]3O)C(C)(C)C)c2C1. The van der Waals surface area contributed by atoms with E-state index in [2.05, 4.69) is 20.5 Å². The van der Waals surface area contributed by atoms with Crippen molar-refractivity contribution < 1.29 is 19.1 Å². The van der Waals surface area contributed by atoms with Gasteiger partial charge in [0, 0.05) is 18.1 Å². The highest BCUT2D eigenvalue weighted by Gasteiger charge is 2.37. The van der Waals surface area contributed by atoms with Crippen LogP contribution in [0.5, 0.6) is 0 Å². The molecule has 0 spiro atoms. The van der Waals surface area contributed by atoms with Crippen LogP contribution >= 0.6 is 11.6 Å². The van der Waals surface area contributed by atoms with Crippen LogP contribution < -0.4 is 10.6 Å². The van der Waals surface area contributed by atoms with Crippen molar-refractivity contribution >= 4 is 23.4 Å². The summed E-state index contributed by atoms with van der Waals surface area (Å²) in [4.78, 5) is 33.6. The summed E-state index contributed by atoms with van der Waals surface area (Å²) < 4.78 is 16.7. The molecule has 3 atom stereocenters. The van der Waals surface area contributed by atoms with E-state index in [1.54, 1.807) is 0 Å². The maximum absolute atomic E-state index is 14.8. The van der Waals surface area contributed by atoms with Crippen molar-refractivity contribution in [1.82, 2.24) is 25.1 Å². The fraction of sp³-hybridized carbons (Fsp3) is 0.577. The molecule has 1 aromatic heterocycles. The molecule has 2 aromatic rings. The number of carbonyl (C=O) groups is 2. The minimum absolute atomic E-state index is 0.168. The number of nitrogens with one attached hydrogen (secondary N) is 2. The fourth-order valence-electron chi connectivity index (χ4n) is 5.03. The van der Waals surface area contributed by atoms with Gasteiger partial charge in [-0.15, -0.1) is 0 Å².